The Morgan fingerprint density at radius 1 is 1.09 bits per heavy atom. The van der Waals surface area contributed by atoms with Crippen molar-refractivity contribution < 1.29 is 9.59 Å². The van der Waals surface area contributed by atoms with Crippen LogP contribution in [0.25, 0.3) is 0 Å². The van der Waals surface area contributed by atoms with Gasteiger partial charge in [-0.1, -0.05) is 0 Å². The average molecular weight is 151 g/mol. The Kier molecular flexibility index (Phi) is 4.30. The molecule has 1 N–H and O–H groups in total. The van der Waals surface area contributed by atoms with Gasteiger partial charge in [0, 0.05) is 0 Å². The molecule has 0 aromatic carbocycles. The van der Waals surface area contributed by atoms with E-state index in [2.05, 4.69) is 5.32 Å². The molecule has 0 unspecified atom stereocenters. The van der Waals surface area contributed by atoms with Gasteiger partial charge in [0.15, 0.2) is 0 Å². The smallest absolute Gasteiger partial charge is 0.245 e. The number of ketones is 2. The van der Waals surface area contributed by atoms with E-state index < -0.39 is 11.6 Å². The van der Waals surface area contributed by atoms with Crippen LogP contribution in [0.5, 0.6) is 0 Å². The van der Waals surface area contributed by atoms with Crippen LogP contribution in [-0.4, -0.2) is 24.7 Å². The topological polar surface area (TPSA) is 93.8 Å². The fourth-order valence-corrected chi connectivity index (χ4v) is 0.369. The molecule has 0 rings (SSSR count). The summed E-state index contributed by atoms with van der Waals surface area (Å²) in [4.78, 5) is 20.5. The molecule has 0 saturated carbocycles. The highest BCUT2D eigenvalue weighted by Crippen LogP contribution is 1.67. The van der Waals surface area contributed by atoms with Gasteiger partial charge in [0.1, 0.15) is 12.1 Å². The molecule has 0 atom stereocenters. The van der Waals surface area contributed by atoms with E-state index in [1.807, 2.05) is 0 Å². The van der Waals surface area contributed by atoms with Crippen molar-refractivity contribution in [3.63, 3.8) is 0 Å². The molecule has 0 amide bonds. The predicted molar refractivity (Wildman–Crippen MR) is 34.1 cm³/mol. The lowest BCUT2D eigenvalue weighted by Crippen LogP contribution is -2.27. The summed E-state index contributed by atoms with van der Waals surface area (Å²) in [6.07, 6.45) is 0. The maximum atomic E-state index is 10.3. The second-order valence-electron chi connectivity index (χ2n) is 1.67. The summed E-state index contributed by atoms with van der Waals surface area (Å²) in [6.45, 7) is -0.381. The van der Waals surface area contributed by atoms with Crippen molar-refractivity contribution in [2.75, 3.05) is 13.1 Å². The van der Waals surface area contributed by atoms with Gasteiger partial charge in [0.25, 0.3) is 0 Å². The van der Waals surface area contributed by atoms with Crippen molar-refractivity contribution >= 4 is 11.6 Å². The van der Waals surface area contributed by atoms with Crippen LogP contribution in [-0.2, 0) is 9.59 Å². The fraction of sp³-hybridized carbons (Fsp3) is 0.333. The molecule has 0 aromatic heterocycles. The first kappa shape index (κ1) is 9.28. The third kappa shape index (κ3) is 4.76. The number of nitriles is 2. The van der Waals surface area contributed by atoms with Crippen molar-refractivity contribution in [1.82, 2.24) is 5.32 Å². The molecule has 11 heavy (non-hydrogen) atoms. The van der Waals surface area contributed by atoms with Crippen LogP contribution < -0.4 is 5.32 Å². The molecule has 56 valence electrons. The van der Waals surface area contributed by atoms with Gasteiger partial charge >= 0.3 is 0 Å². The molecule has 5 nitrogen and oxygen atoms in total. The highest BCUT2D eigenvalue weighted by Gasteiger charge is 2.00. The maximum Gasteiger partial charge on any atom is 0.245 e. The first-order chi connectivity index (χ1) is 5.20. The molecule has 0 aromatic rings. The zero-order chi connectivity index (χ0) is 8.69. The van der Waals surface area contributed by atoms with Crippen LogP contribution in [0.1, 0.15) is 0 Å². The van der Waals surface area contributed by atoms with Gasteiger partial charge < -0.3 is 5.32 Å². The summed E-state index contributed by atoms with van der Waals surface area (Å²) in [5.41, 5.74) is 0. The molecule has 0 aliphatic rings. The van der Waals surface area contributed by atoms with Crippen LogP contribution in [0.2, 0.25) is 0 Å². The van der Waals surface area contributed by atoms with Gasteiger partial charge in [-0.25, -0.2) is 0 Å². The minimum Gasteiger partial charge on any atom is -0.301 e. The standard InChI is InChI=1S/C6H5N3O2/c7-1-5(10)3-9-4-6(11)2-8/h9H,3-4H2. The zero-order valence-electron chi connectivity index (χ0n) is 5.63. The van der Waals surface area contributed by atoms with Crippen molar-refractivity contribution in [2.24, 2.45) is 0 Å². The average Bonchev–Trinajstić information content (AvgIpc) is 2.04. The summed E-state index contributed by atoms with van der Waals surface area (Å²) in [6, 6.07) is 2.72. The molecular weight excluding hydrogens is 146 g/mol. The first-order valence-electron chi connectivity index (χ1n) is 2.77. The van der Waals surface area contributed by atoms with E-state index in [4.69, 9.17) is 10.5 Å². The van der Waals surface area contributed by atoms with Gasteiger partial charge in [0.2, 0.25) is 11.6 Å². The van der Waals surface area contributed by atoms with Gasteiger partial charge in [-0.2, -0.15) is 10.5 Å². The molecular formula is C6H5N3O2. The van der Waals surface area contributed by atoms with Crippen LogP contribution in [0.3, 0.4) is 0 Å². The lowest BCUT2D eigenvalue weighted by molar-refractivity contribution is -0.114. The molecule has 0 radical (unpaired) electrons. The highest BCUT2D eigenvalue weighted by atomic mass is 16.1. The van der Waals surface area contributed by atoms with Crippen molar-refractivity contribution in [1.29, 1.82) is 10.5 Å². The van der Waals surface area contributed by atoms with Crippen LogP contribution >= 0.6 is 0 Å². The molecule has 0 spiro atoms. The number of nitrogens with one attached hydrogen (secondary N) is 1. The summed E-state index contributed by atoms with van der Waals surface area (Å²) >= 11 is 0. The maximum absolute atomic E-state index is 10.3. The van der Waals surface area contributed by atoms with Gasteiger partial charge in [0.05, 0.1) is 13.1 Å². The van der Waals surface area contributed by atoms with E-state index in [-0.39, 0.29) is 13.1 Å². The van der Waals surface area contributed by atoms with Gasteiger partial charge in [-0.05, 0) is 0 Å². The van der Waals surface area contributed by atoms with Crippen LogP contribution in [0.15, 0.2) is 0 Å². The number of Topliss-reactive ketones (excluding diaryl/α,β-unsaturated/α-hetero) is 2. The zero-order valence-corrected chi connectivity index (χ0v) is 5.63. The second-order valence-corrected chi connectivity index (χ2v) is 1.67. The summed E-state index contributed by atoms with van der Waals surface area (Å²) < 4.78 is 0. The van der Waals surface area contributed by atoms with Crippen molar-refractivity contribution in [2.45, 2.75) is 0 Å². The summed E-state index contributed by atoms with van der Waals surface area (Å²) in [7, 11) is 0. The van der Waals surface area contributed by atoms with Crippen molar-refractivity contribution in [3.05, 3.63) is 0 Å². The molecule has 0 bridgehead atoms. The lowest BCUT2D eigenvalue weighted by Gasteiger charge is -1.92. The van der Waals surface area contributed by atoms with E-state index in [1.165, 1.54) is 12.1 Å². The Morgan fingerprint density at radius 2 is 1.45 bits per heavy atom. The number of rotatable bonds is 4. The Morgan fingerprint density at radius 3 is 1.73 bits per heavy atom. The van der Waals surface area contributed by atoms with Crippen LogP contribution in [0, 0.1) is 22.7 Å². The Labute approximate surface area is 63.2 Å². The third-order valence-electron chi connectivity index (χ3n) is 0.821. The molecule has 0 heterocycles. The molecule has 5 heteroatoms. The minimum absolute atomic E-state index is 0.191. The van der Waals surface area contributed by atoms with Gasteiger partial charge in [-0.15, -0.1) is 0 Å². The molecule has 0 aliphatic carbocycles. The normalized spacial score (nSPS) is 7.82. The number of nitrogens with zero attached hydrogens (tertiary/aromatic N) is 2. The molecule has 0 saturated heterocycles. The first-order valence-corrected chi connectivity index (χ1v) is 2.77. The van der Waals surface area contributed by atoms with E-state index in [0.717, 1.165) is 0 Å². The summed E-state index contributed by atoms with van der Waals surface area (Å²) in [5.74, 6) is -1.31. The monoisotopic (exact) mass is 151 g/mol. The van der Waals surface area contributed by atoms with E-state index in [9.17, 15) is 9.59 Å². The third-order valence-corrected chi connectivity index (χ3v) is 0.821. The second kappa shape index (κ2) is 5.10. The van der Waals surface area contributed by atoms with Crippen molar-refractivity contribution in [3.8, 4) is 12.1 Å². The minimum atomic E-state index is -0.657. The number of hydrogen-bond acceptors (Lipinski definition) is 5. The molecule has 0 fully saturated rings. The number of carbonyl (C=O) groups is 2. The predicted octanol–water partition coefficient (Wildman–Crippen LogP) is -1.24. The Balaban J connectivity index is 3.46. The van der Waals surface area contributed by atoms with Crippen LogP contribution in [0.4, 0.5) is 0 Å². The highest BCUT2D eigenvalue weighted by molar-refractivity contribution is 5.97. The quantitative estimate of drug-likeness (QED) is 0.507. The molecule has 0 aliphatic heterocycles. The number of hydrogen-bond donors (Lipinski definition) is 1. The Bertz CT molecular complexity index is 220. The SMILES string of the molecule is N#CC(=O)CNCC(=O)C#N. The van der Waals surface area contributed by atoms with E-state index >= 15 is 0 Å². The largest absolute Gasteiger partial charge is 0.301 e. The summed E-state index contributed by atoms with van der Waals surface area (Å²) in [5, 5.41) is 18.3. The Hall–Kier alpha value is -1.72. The number of carbonyl (C=O) groups excluding carboxylic acids is 2. The fourth-order valence-electron chi connectivity index (χ4n) is 0.369. The van der Waals surface area contributed by atoms with Gasteiger partial charge in [-0.3, -0.25) is 9.59 Å². The van der Waals surface area contributed by atoms with E-state index in [0.29, 0.717) is 0 Å². The lowest BCUT2D eigenvalue weighted by atomic mass is 10.4. The van der Waals surface area contributed by atoms with E-state index in [1.54, 1.807) is 0 Å².